The molecule has 1 aliphatic heterocycles. The topological polar surface area (TPSA) is 21.7 Å². The van der Waals surface area contributed by atoms with E-state index in [9.17, 15) is 0 Å². The number of fused-ring (bicyclic) bond motifs is 13. The average molecular weight is 818 g/mol. The van der Waals surface area contributed by atoms with Crippen molar-refractivity contribution in [3.05, 3.63) is 259 Å². The third-order valence-corrected chi connectivity index (χ3v) is 13.3. The number of para-hydroxylation sites is 1. The Morgan fingerprint density at radius 3 is 1.47 bits per heavy atom. The first kappa shape index (κ1) is 36.3. The van der Waals surface area contributed by atoms with Gasteiger partial charge in [-0.05, 0) is 133 Å². The van der Waals surface area contributed by atoms with Crippen LogP contribution in [0.15, 0.2) is 237 Å². The van der Waals surface area contributed by atoms with E-state index >= 15 is 0 Å². The summed E-state index contributed by atoms with van der Waals surface area (Å²) in [6, 6.07) is 84.7. The number of hydrogen-bond acceptors (Lipinski definition) is 3. The molecular formula is C61H39NO2. The molecule has 1 heterocycles. The van der Waals surface area contributed by atoms with Crippen LogP contribution in [0.4, 0.5) is 17.1 Å². The molecule has 3 nitrogen and oxygen atoms in total. The van der Waals surface area contributed by atoms with Crippen LogP contribution < -0.4 is 14.4 Å². The maximum atomic E-state index is 6.96. The highest BCUT2D eigenvalue weighted by Gasteiger charge is 2.53. The van der Waals surface area contributed by atoms with E-state index in [1.165, 1.54) is 61.2 Å². The van der Waals surface area contributed by atoms with Crippen molar-refractivity contribution in [2.24, 2.45) is 0 Å². The Morgan fingerprint density at radius 2 is 0.766 bits per heavy atom. The summed E-state index contributed by atoms with van der Waals surface area (Å²) < 4.78 is 13.8. The minimum atomic E-state index is -0.448. The van der Waals surface area contributed by atoms with Gasteiger partial charge in [0.1, 0.15) is 0 Å². The van der Waals surface area contributed by atoms with Crippen molar-refractivity contribution in [2.75, 3.05) is 4.90 Å². The van der Waals surface area contributed by atoms with Crippen molar-refractivity contribution in [3.8, 4) is 78.6 Å². The molecule has 0 fully saturated rings. The van der Waals surface area contributed by atoms with Gasteiger partial charge in [0.2, 0.25) is 0 Å². The van der Waals surface area contributed by atoms with Crippen LogP contribution in [0.25, 0.3) is 55.6 Å². The molecule has 13 rings (SSSR count). The molecule has 10 aromatic rings. The van der Waals surface area contributed by atoms with Crippen molar-refractivity contribution in [3.63, 3.8) is 0 Å². The number of ether oxygens (including phenoxy) is 2. The van der Waals surface area contributed by atoms with Crippen LogP contribution in [0.2, 0.25) is 0 Å². The molecule has 0 saturated heterocycles. The van der Waals surface area contributed by atoms with Crippen LogP contribution in [0.1, 0.15) is 22.3 Å². The van der Waals surface area contributed by atoms with Gasteiger partial charge in [-0.25, -0.2) is 0 Å². The van der Waals surface area contributed by atoms with Gasteiger partial charge in [-0.3, -0.25) is 0 Å². The maximum absolute atomic E-state index is 6.96. The largest absolute Gasteiger partial charge is 0.449 e. The number of anilines is 3. The van der Waals surface area contributed by atoms with Gasteiger partial charge in [-0.1, -0.05) is 176 Å². The Morgan fingerprint density at radius 1 is 0.281 bits per heavy atom. The van der Waals surface area contributed by atoms with Crippen molar-refractivity contribution in [1.82, 2.24) is 0 Å². The third kappa shape index (κ3) is 5.47. The van der Waals surface area contributed by atoms with E-state index in [0.29, 0.717) is 17.2 Å². The number of hydrogen-bond donors (Lipinski definition) is 0. The summed E-state index contributed by atoms with van der Waals surface area (Å²) >= 11 is 0. The first-order chi connectivity index (χ1) is 31.7. The molecule has 0 saturated carbocycles. The summed E-state index contributed by atoms with van der Waals surface area (Å²) in [7, 11) is 0. The number of nitrogens with zero attached hydrogens (tertiary/aromatic N) is 1. The van der Waals surface area contributed by atoms with Gasteiger partial charge in [0, 0.05) is 22.6 Å². The molecule has 300 valence electrons. The first-order valence-corrected chi connectivity index (χ1v) is 21.9. The van der Waals surface area contributed by atoms with E-state index in [0.717, 1.165) is 39.5 Å². The second-order valence-corrected chi connectivity index (χ2v) is 16.8. The van der Waals surface area contributed by atoms with Crippen LogP contribution >= 0.6 is 0 Å². The molecule has 3 heteroatoms. The zero-order valence-electron chi connectivity index (χ0n) is 34.8. The van der Waals surface area contributed by atoms with E-state index < -0.39 is 5.41 Å². The lowest BCUT2D eigenvalue weighted by Crippen LogP contribution is -2.25. The zero-order chi connectivity index (χ0) is 42.2. The van der Waals surface area contributed by atoms with Crippen LogP contribution in [0.5, 0.6) is 23.0 Å². The lowest BCUT2D eigenvalue weighted by molar-refractivity contribution is 0.360. The molecule has 0 aromatic heterocycles. The van der Waals surface area contributed by atoms with Gasteiger partial charge in [0.15, 0.2) is 23.0 Å². The van der Waals surface area contributed by atoms with Crippen LogP contribution in [-0.2, 0) is 5.41 Å². The molecule has 0 amide bonds. The second-order valence-electron chi connectivity index (χ2n) is 16.8. The fourth-order valence-electron chi connectivity index (χ4n) is 10.6. The fourth-order valence-corrected chi connectivity index (χ4v) is 10.6. The SMILES string of the molecule is c1ccc(-c2cccc(-c3ccc(N(c4ccccc4)c4cccc(-c5ccc6c(c5)Oc5ccc7c(c5O6)-c5ccccc5C75c6ccccc6-c6ccccc65)c4)cc3)c2)cc1. The molecule has 1 spiro atoms. The van der Waals surface area contributed by atoms with Crippen molar-refractivity contribution in [1.29, 1.82) is 0 Å². The highest BCUT2D eigenvalue weighted by Crippen LogP contribution is 2.66. The predicted molar refractivity (Wildman–Crippen MR) is 260 cm³/mol. The van der Waals surface area contributed by atoms with Crippen LogP contribution in [-0.4, -0.2) is 0 Å². The van der Waals surface area contributed by atoms with Crippen LogP contribution in [0, 0.1) is 0 Å². The smallest absolute Gasteiger partial charge is 0.178 e. The molecule has 0 atom stereocenters. The Hall–Kier alpha value is -8.40. The van der Waals surface area contributed by atoms with E-state index in [4.69, 9.17) is 9.47 Å². The highest BCUT2D eigenvalue weighted by molar-refractivity contribution is 5.98. The highest BCUT2D eigenvalue weighted by atomic mass is 16.6. The van der Waals surface area contributed by atoms with Crippen LogP contribution in [0.3, 0.4) is 0 Å². The Labute approximate surface area is 372 Å². The maximum Gasteiger partial charge on any atom is 0.178 e. The van der Waals surface area contributed by atoms with Crippen molar-refractivity contribution in [2.45, 2.75) is 5.41 Å². The van der Waals surface area contributed by atoms with E-state index in [1.807, 2.05) is 0 Å². The molecule has 2 aliphatic carbocycles. The lowest BCUT2D eigenvalue weighted by Gasteiger charge is -2.31. The van der Waals surface area contributed by atoms with E-state index in [-0.39, 0.29) is 0 Å². The summed E-state index contributed by atoms with van der Waals surface area (Å²) in [5, 5.41) is 0. The van der Waals surface area contributed by atoms with Gasteiger partial charge in [-0.15, -0.1) is 0 Å². The number of benzene rings is 10. The third-order valence-electron chi connectivity index (χ3n) is 13.3. The molecule has 0 bridgehead atoms. The molecule has 0 radical (unpaired) electrons. The Kier molecular flexibility index (Phi) is 8.13. The average Bonchev–Trinajstić information content (AvgIpc) is 3.84. The second kappa shape index (κ2) is 14.3. The van der Waals surface area contributed by atoms with Crippen molar-refractivity contribution < 1.29 is 9.47 Å². The Bertz CT molecular complexity index is 3400. The number of rotatable bonds is 6. The molecule has 64 heavy (non-hydrogen) atoms. The fraction of sp³-hybridized carbons (Fsp3) is 0.0164. The summed E-state index contributed by atoms with van der Waals surface area (Å²) in [4.78, 5) is 2.31. The van der Waals surface area contributed by atoms with E-state index in [1.54, 1.807) is 0 Å². The summed E-state index contributed by atoms with van der Waals surface area (Å²) in [6.45, 7) is 0. The van der Waals surface area contributed by atoms with Crippen molar-refractivity contribution >= 4 is 17.1 Å². The summed E-state index contributed by atoms with van der Waals surface area (Å²) in [6.07, 6.45) is 0. The molecule has 3 aliphatic rings. The van der Waals surface area contributed by atoms with Gasteiger partial charge in [0.05, 0.1) is 5.41 Å². The normalized spacial score (nSPS) is 13.1. The summed E-state index contributed by atoms with van der Waals surface area (Å²) in [5.74, 6) is 2.87. The molecule has 0 N–H and O–H groups in total. The summed E-state index contributed by atoms with van der Waals surface area (Å²) in [5.41, 5.74) is 19.6. The van der Waals surface area contributed by atoms with Gasteiger partial charge in [-0.2, -0.15) is 0 Å². The van der Waals surface area contributed by atoms with E-state index in [2.05, 4.69) is 241 Å². The monoisotopic (exact) mass is 817 g/mol. The zero-order valence-corrected chi connectivity index (χ0v) is 34.8. The first-order valence-electron chi connectivity index (χ1n) is 21.9. The van der Waals surface area contributed by atoms with Gasteiger partial charge >= 0.3 is 0 Å². The van der Waals surface area contributed by atoms with Gasteiger partial charge in [0.25, 0.3) is 0 Å². The quantitative estimate of drug-likeness (QED) is 0.167. The Balaban J connectivity index is 0.847. The van der Waals surface area contributed by atoms with Gasteiger partial charge < -0.3 is 14.4 Å². The minimum Gasteiger partial charge on any atom is -0.449 e. The minimum absolute atomic E-state index is 0.448. The molecule has 0 unspecified atom stereocenters. The molecule has 10 aromatic carbocycles. The molecular weight excluding hydrogens is 779 g/mol. The standard InChI is InChI=1S/C61H39NO2/c1-3-15-40(16-4-1)42-17-13-18-43(37-42)41-29-32-47(33-30-41)62(46-20-5-2-6-21-46)48-22-14-19-44(38-48)45-31-35-56-58(39-45)63-57-36-34-55-59(60(57)64-56)51-25-9-12-28-54(51)61(55)52-26-10-7-23-49(52)50-24-8-11-27-53(50)61/h1-39H. The lowest BCUT2D eigenvalue weighted by atomic mass is 9.70. The predicted octanol–water partition coefficient (Wildman–Crippen LogP) is 16.4.